The predicted molar refractivity (Wildman–Crippen MR) is 77.1 cm³/mol. The highest BCUT2D eigenvalue weighted by atomic mass is 32.2. The van der Waals surface area contributed by atoms with E-state index >= 15 is 0 Å². The average molecular weight is 308 g/mol. The number of carbonyl (C=O) groups is 1. The molecule has 0 bridgehead atoms. The van der Waals surface area contributed by atoms with Crippen LogP contribution in [0, 0.1) is 0 Å². The van der Waals surface area contributed by atoms with Crippen molar-refractivity contribution in [1.82, 2.24) is 19.8 Å². The topological polar surface area (TPSA) is 93.1 Å². The summed E-state index contributed by atoms with van der Waals surface area (Å²) in [7, 11) is -0.448. The highest BCUT2D eigenvalue weighted by Gasteiger charge is 2.14. The third-order valence-electron chi connectivity index (χ3n) is 2.89. The second-order valence-electron chi connectivity index (χ2n) is 4.44. The van der Waals surface area contributed by atoms with Gasteiger partial charge in [0.2, 0.25) is 10.0 Å². The Morgan fingerprint density at radius 1 is 1.38 bits per heavy atom. The molecule has 8 heteroatoms. The lowest BCUT2D eigenvalue weighted by atomic mass is 10.2. The van der Waals surface area contributed by atoms with Crippen molar-refractivity contribution in [2.75, 3.05) is 7.05 Å². The third kappa shape index (κ3) is 3.67. The number of nitrogens with zero attached hydrogens (tertiary/aromatic N) is 2. The van der Waals surface area contributed by atoms with Gasteiger partial charge in [-0.3, -0.25) is 9.48 Å². The van der Waals surface area contributed by atoms with Crippen LogP contribution in [0.25, 0.3) is 0 Å². The molecule has 0 saturated heterocycles. The fourth-order valence-electron chi connectivity index (χ4n) is 1.77. The van der Waals surface area contributed by atoms with Crippen molar-refractivity contribution in [2.45, 2.75) is 11.4 Å². The summed E-state index contributed by atoms with van der Waals surface area (Å²) in [5.74, 6) is -0.341. The van der Waals surface area contributed by atoms with Crippen molar-refractivity contribution in [2.24, 2.45) is 7.05 Å². The number of amides is 1. The number of hydrogen-bond donors (Lipinski definition) is 2. The fraction of sp³-hybridized carbons (Fsp3) is 0.231. The molecule has 112 valence electrons. The quantitative estimate of drug-likeness (QED) is 0.828. The zero-order chi connectivity index (χ0) is 15.5. The predicted octanol–water partition coefficient (Wildman–Crippen LogP) is 0.258. The first-order chi connectivity index (χ1) is 9.92. The van der Waals surface area contributed by atoms with E-state index < -0.39 is 10.0 Å². The van der Waals surface area contributed by atoms with Gasteiger partial charge in [0.15, 0.2) is 0 Å². The maximum Gasteiger partial charge on any atom is 0.251 e. The van der Waals surface area contributed by atoms with E-state index in [0.717, 1.165) is 5.56 Å². The minimum atomic E-state index is -3.56. The third-order valence-corrected chi connectivity index (χ3v) is 4.30. The zero-order valence-electron chi connectivity index (χ0n) is 11.7. The molecular formula is C13H16N4O3S. The number of sulfonamides is 1. The molecule has 1 amide bonds. The van der Waals surface area contributed by atoms with Crippen LogP contribution >= 0.6 is 0 Å². The molecule has 7 nitrogen and oxygen atoms in total. The van der Waals surface area contributed by atoms with Crippen LogP contribution in [0.2, 0.25) is 0 Å². The second-order valence-corrected chi connectivity index (χ2v) is 6.33. The lowest BCUT2D eigenvalue weighted by molar-refractivity contribution is 0.0950. The molecule has 0 aliphatic heterocycles. The van der Waals surface area contributed by atoms with Crippen LogP contribution in [-0.2, 0) is 23.6 Å². The first kappa shape index (κ1) is 15.2. The number of hydrogen-bond acceptors (Lipinski definition) is 4. The highest BCUT2D eigenvalue weighted by Crippen LogP contribution is 2.11. The molecule has 2 N–H and O–H groups in total. The SMILES string of the molecule is CNS(=O)(=O)c1cccc(C(=O)NCc2cnn(C)c2)c1. The number of benzene rings is 1. The van der Waals surface area contributed by atoms with Gasteiger partial charge in [0, 0.05) is 30.9 Å². The van der Waals surface area contributed by atoms with E-state index in [1.165, 1.54) is 25.2 Å². The second kappa shape index (κ2) is 6.06. The first-order valence-electron chi connectivity index (χ1n) is 6.22. The van der Waals surface area contributed by atoms with Crippen LogP contribution in [0.4, 0.5) is 0 Å². The molecule has 0 atom stereocenters. The molecule has 0 fully saturated rings. The van der Waals surface area contributed by atoms with Crippen LogP contribution in [0.3, 0.4) is 0 Å². The van der Waals surface area contributed by atoms with Crippen molar-refractivity contribution < 1.29 is 13.2 Å². The Kier molecular flexibility index (Phi) is 4.39. The average Bonchev–Trinajstić information content (AvgIpc) is 2.90. The van der Waals surface area contributed by atoms with Gasteiger partial charge < -0.3 is 5.32 Å². The summed E-state index contributed by atoms with van der Waals surface area (Å²) in [6, 6.07) is 5.87. The minimum Gasteiger partial charge on any atom is -0.348 e. The molecular weight excluding hydrogens is 292 g/mol. The maximum absolute atomic E-state index is 12.0. The summed E-state index contributed by atoms with van der Waals surface area (Å²) >= 11 is 0. The molecule has 0 spiro atoms. The Bertz CT molecular complexity index is 752. The van der Waals surface area contributed by atoms with Crippen molar-refractivity contribution >= 4 is 15.9 Å². The van der Waals surface area contributed by atoms with E-state index in [1.54, 1.807) is 30.2 Å². The summed E-state index contributed by atoms with van der Waals surface area (Å²) in [6.07, 6.45) is 3.45. The smallest absolute Gasteiger partial charge is 0.251 e. The normalized spacial score (nSPS) is 11.3. The van der Waals surface area contributed by atoms with Crippen LogP contribution in [0.1, 0.15) is 15.9 Å². The standard InChI is InChI=1S/C13H16N4O3S/c1-14-21(19,20)12-5-3-4-11(6-12)13(18)15-7-10-8-16-17(2)9-10/h3-6,8-9,14H,7H2,1-2H3,(H,15,18). The van der Waals surface area contributed by atoms with Crippen LogP contribution in [-0.4, -0.2) is 31.2 Å². The van der Waals surface area contributed by atoms with Gasteiger partial charge in [-0.15, -0.1) is 0 Å². The first-order valence-corrected chi connectivity index (χ1v) is 7.70. The zero-order valence-corrected chi connectivity index (χ0v) is 12.5. The summed E-state index contributed by atoms with van der Waals surface area (Å²) in [6.45, 7) is 0.329. The van der Waals surface area contributed by atoms with Gasteiger partial charge in [0.05, 0.1) is 11.1 Å². The Morgan fingerprint density at radius 2 is 2.14 bits per heavy atom. The number of aromatic nitrogens is 2. The fourth-order valence-corrected chi connectivity index (χ4v) is 2.55. The van der Waals surface area contributed by atoms with Crippen LogP contribution < -0.4 is 10.0 Å². The lowest BCUT2D eigenvalue weighted by Crippen LogP contribution is -2.24. The van der Waals surface area contributed by atoms with Crippen LogP contribution in [0.15, 0.2) is 41.6 Å². The van der Waals surface area contributed by atoms with E-state index in [1.807, 2.05) is 0 Å². The lowest BCUT2D eigenvalue weighted by Gasteiger charge is -2.06. The summed E-state index contributed by atoms with van der Waals surface area (Å²) in [5, 5.41) is 6.72. The van der Waals surface area contributed by atoms with E-state index in [0.29, 0.717) is 6.54 Å². The molecule has 1 aromatic carbocycles. The molecule has 0 aliphatic carbocycles. The number of rotatable bonds is 5. The highest BCUT2D eigenvalue weighted by molar-refractivity contribution is 7.89. The largest absolute Gasteiger partial charge is 0.348 e. The summed E-state index contributed by atoms with van der Waals surface area (Å²) in [4.78, 5) is 12.1. The van der Waals surface area contributed by atoms with Crippen molar-refractivity contribution in [1.29, 1.82) is 0 Å². The summed E-state index contributed by atoms with van der Waals surface area (Å²) < 4.78 is 27.3. The number of aryl methyl sites for hydroxylation is 1. The van der Waals surface area contributed by atoms with Crippen molar-refractivity contribution in [3.8, 4) is 0 Å². The molecule has 0 radical (unpaired) electrons. The minimum absolute atomic E-state index is 0.0547. The monoisotopic (exact) mass is 308 g/mol. The van der Waals surface area contributed by atoms with E-state index in [4.69, 9.17) is 0 Å². The van der Waals surface area contributed by atoms with Gasteiger partial charge in [-0.05, 0) is 25.2 Å². The molecule has 1 aromatic heterocycles. The number of carbonyl (C=O) groups excluding carboxylic acids is 1. The Hall–Kier alpha value is -2.19. The molecule has 2 aromatic rings. The van der Waals surface area contributed by atoms with Gasteiger partial charge in [-0.25, -0.2) is 13.1 Å². The van der Waals surface area contributed by atoms with Gasteiger partial charge >= 0.3 is 0 Å². The van der Waals surface area contributed by atoms with E-state index in [9.17, 15) is 13.2 Å². The molecule has 0 aliphatic rings. The van der Waals surface area contributed by atoms with Gasteiger partial charge in [-0.1, -0.05) is 6.07 Å². The Labute approximate surface area is 123 Å². The van der Waals surface area contributed by atoms with Gasteiger partial charge in [0.1, 0.15) is 0 Å². The van der Waals surface area contributed by atoms with Crippen LogP contribution in [0.5, 0.6) is 0 Å². The molecule has 21 heavy (non-hydrogen) atoms. The molecule has 2 rings (SSSR count). The Morgan fingerprint density at radius 3 is 2.76 bits per heavy atom. The molecule has 1 heterocycles. The van der Waals surface area contributed by atoms with E-state index in [2.05, 4.69) is 15.1 Å². The Balaban J connectivity index is 2.11. The maximum atomic E-state index is 12.0. The van der Waals surface area contributed by atoms with E-state index in [-0.39, 0.29) is 16.4 Å². The molecule has 0 saturated carbocycles. The van der Waals surface area contributed by atoms with Gasteiger partial charge in [0.25, 0.3) is 5.91 Å². The molecule has 0 unspecified atom stereocenters. The number of nitrogens with one attached hydrogen (secondary N) is 2. The van der Waals surface area contributed by atoms with Gasteiger partial charge in [-0.2, -0.15) is 5.10 Å². The van der Waals surface area contributed by atoms with Crippen molar-refractivity contribution in [3.05, 3.63) is 47.8 Å². The summed E-state index contributed by atoms with van der Waals surface area (Å²) in [5.41, 5.74) is 1.15. The van der Waals surface area contributed by atoms with Crippen molar-refractivity contribution in [3.63, 3.8) is 0 Å².